The standard InChI is InChI=1S/C47H36Cl2N4O8/c1-52(2)26-9-13-32-36(17-26)60-37-18-27(53(3)4)10-14-33(37)42(32)43-35(48)21-34(45(49)44(43)47(58)59)46(57)51-23-40(56)50-22-24-5-7-25(8-6-24)41-30-15-11-28(54)19-38(30)61-39-20-29(55)12-16-31(39)41/h5-21H,22-23H2,1-4H3,(H3-,50,51,54,55,56,57,58,59)/p+1. The lowest BCUT2D eigenvalue weighted by Gasteiger charge is -2.21. The third kappa shape index (κ3) is 7.74. The fourth-order valence-electron chi connectivity index (χ4n) is 7.41. The van der Waals surface area contributed by atoms with Gasteiger partial charge in [0.15, 0.2) is 5.43 Å². The van der Waals surface area contributed by atoms with Crippen molar-refractivity contribution >= 4 is 68.6 Å². The minimum absolute atomic E-state index is 0.0255. The second kappa shape index (κ2) is 16.1. The van der Waals surface area contributed by atoms with Crippen LogP contribution in [0.25, 0.3) is 66.8 Å². The minimum Gasteiger partial charge on any atom is -0.508 e. The maximum Gasteiger partial charge on any atom is 0.337 e. The topological polar surface area (TPSA) is 165 Å². The molecule has 0 fully saturated rings. The number of rotatable bonds is 9. The molecule has 2 aliphatic heterocycles. The van der Waals surface area contributed by atoms with E-state index in [0.29, 0.717) is 39.2 Å². The monoisotopic (exact) mass is 855 g/mol. The van der Waals surface area contributed by atoms with Gasteiger partial charge in [-0.1, -0.05) is 47.5 Å². The van der Waals surface area contributed by atoms with Gasteiger partial charge in [0, 0.05) is 89.2 Å². The van der Waals surface area contributed by atoms with Crippen LogP contribution in [0.2, 0.25) is 10.0 Å². The summed E-state index contributed by atoms with van der Waals surface area (Å²) in [5, 5.41) is 27.8. The van der Waals surface area contributed by atoms with Crippen LogP contribution in [0.3, 0.4) is 0 Å². The number of fused-ring (bicyclic) bond motifs is 4. The molecule has 0 unspecified atom stereocenters. The summed E-state index contributed by atoms with van der Waals surface area (Å²) in [6, 6.07) is 29.2. The van der Waals surface area contributed by atoms with Crippen LogP contribution in [-0.4, -0.2) is 62.7 Å². The van der Waals surface area contributed by atoms with Gasteiger partial charge in [-0.2, -0.15) is 0 Å². The van der Waals surface area contributed by atoms with E-state index in [4.69, 9.17) is 32.0 Å². The Morgan fingerprint density at radius 1 is 0.738 bits per heavy atom. The summed E-state index contributed by atoms with van der Waals surface area (Å²) in [5.74, 6) is -1.83. The third-order valence-corrected chi connectivity index (χ3v) is 11.2. The maximum atomic E-state index is 13.6. The first-order valence-electron chi connectivity index (χ1n) is 19.0. The quantitative estimate of drug-likeness (QED) is 0.0834. The SMILES string of the molecule is CN(C)c1ccc2c(-c3c(Cl)cc(C(=O)NCC(=O)NCc4ccc(-c5c6ccc(=O)cc-6oc6cc(O)ccc56)cc4)c(Cl)c3C(=O)O)c3ccc(=[N+](C)C)cc-3oc2c1. The van der Waals surface area contributed by atoms with Crippen molar-refractivity contribution in [2.45, 2.75) is 6.54 Å². The summed E-state index contributed by atoms with van der Waals surface area (Å²) in [7, 11) is 7.58. The zero-order valence-electron chi connectivity index (χ0n) is 33.2. The van der Waals surface area contributed by atoms with Crippen LogP contribution in [0.15, 0.2) is 117 Å². The summed E-state index contributed by atoms with van der Waals surface area (Å²) >= 11 is 13.7. The zero-order chi connectivity index (χ0) is 43.3. The fourth-order valence-corrected chi connectivity index (χ4v) is 8.02. The lowest BCUT2D eigenvalue weighted by Crippen LogP contribution is -2.36. The van der Waals surface area contributed by atoms with E-state index in [-0.39, 0.29) is 44.5 Å². The van der Waals surface area contributed by atoms with Gasteiger partial charge in [0.25, 0.3) is 5.91 Å². The van der Waals surface area contributed by atoms with Crippen molar-refractivity contribution in [3.63, 3.8) is 0 Å². The van der Waals surface area contributed by atoms with Crippen LogP contribution in [0, 0.1) is 0 Å². The van der Waals surface area contributed by atoms with Crippen LogP contribution < -0.4 is 30.9 Å². The molecule has 4 aromatic rings. The van der Waals surface area contributed by atoms with E-state index in [1.165, 1.54) is 24.3 Å². The molecule has 4 N–H and O–H groups in total. The highest BCUT2D eigenvalue weighted by Crippen LogP contribution is 2.47. The molecule has 4 aromatic carbocycles. The number of benzene rings is 6. The summed E-state index contributed by atoms with van der Waals surface area (Å²) < 4.78 is 14.2. The van der Waals surface area contributed by atoms with E-state index in [1.807, 2.05) is 98.3 Å². The van der Waals surface area contributed by atoms with E-state index < -0.39 is 24.3 Å². The molecule has 12 nitrogen and oxygen atoms in total. The summed E-state index contributed by atoms with van der Waals surface area (Å²) in [6.45, 7) is -0.303. The number of phenolic OH excluding ortho intramolecular Hbond substituents is 1. The molecule has 0 saturated carbocycles. The maximum absolute atomic E-state index is 13.6. The Balaban J connectivity index is 1.03. The Morgan fingerprint density at radius 3 is 2.10 bits per heavy atom. The van der Waals surface area contributed by atoms with E-state index in [9.17, 15) is 29.4 Å². The molecule has 0 spiro atoms. The molecule has 2 heterocycles. The smallest absolute Gasteiger partial charge is 0.337 e. The summed E-state index contributed by atoms with van der Waals surface area (Å²) in [6.07, 6.45) is 0. The number of hydrogen-bond acceptors (Lipinski definition) is 8. The van der Waals surface area contributed by atoms with Gasteiger partial charge in [-0.25, -0.2) is 9.37 Å². The van der Waals surface area contributed by atoms with Crippen molar-refractivity contribution in [1.29, 1.82) is 0 Å². The fraction of sp³-hybridized carbons (Fsp3) is 0.128. The second-order valence-electron chi connectivity index (χ2n) is 14.9. The molecule has 14 heteroatoms. The Labute approximate surface area is 358 Å². The van der Waals surface area contributed by atoms with Crippen molar-refractivity contribution in [3.05, 3.63) is 145 Å². The van der Waals surface area contributed by atoms with Gasteiger partial charge < -0.3 is 34.6 Å². The molecule has 0 radical (unpaired) electrons. The molecule has 0 atom stereocenters. The molecular formula is C47H37Cl2N4O8+. The predicted molar refractivity (Wildman–Crippen MR) is 237 cm³/mol. The van der Waals surface area contributed by atoms with Crippen molar-refractivity contribution in [2.24, 2.45) is 0 Å². The average Bonchev–Trinajstić information content (AvgIpc) is 3.23. The first-order chi connectivity index (χ1) is 29.2. The largest absolute Gasteiger partial charge is 0.508 e. The number of hydrogen-bond donors (Lipinski definition) is 4. The number of halogens is 2. The Hall–Kier alpha value is -7.15. The van der Waals surface area contributed by atoms with Crippen molar-refractivity contribution in [1.82, 2.24) is 15.2 Å². The van der Waals surface area contributed by atoms with Gasteiger partial charge in [0.05, 0.1) is 33.8 Å². The van der Waals surface area contributed by atoms with Gasteiger partial charge in [-0.15, -0.1) is 0 Å². The normalized spacial score (nSPS) is 11.3. The average molecular weight is 857 g/mol. The van der Waals surface area contributed by atoms with E-state index in [0.717, 1.165) is 38.7 Å². The van der Waals surface area contributed by atoms with Gasteiger partial charge >= 0.3 is 5.97 Å². The van der Waals surface area contributed by atoms with E-state index >= 15 is 0 Å². The molecule has 306 valence electrons. The highest BCUT2D eigenvalue weighted by atomic mass is 35.5. The van der Waals surface area contributed by atoms with Gasteiger partial charge in [-0.05, 0) is 59.7 Å². The number of aromatic hydroxyl groups is 1. The summed E-state index contributed by atoms with van der Waals surface area (Å²) in [5.41, 5.74) is 5.21. The van der Waals surface area contributed by atoms with Crippen LogP contribution in [0.1, 0.15) is 26.3 Å². The number of anilines is 1. The highest BCUT2D eigenvalue weighted by Gasteiger charge is 2.30. The summed E-state index contributed by atoms with van der Waals surface area (Å²) in [4.78, 5) is 53.6. The molecule has 0 aromatic heterocycles. The number of carboxylic acid groups (broad SMARTS) is 1. The number of aromatic carboxylic acids is 1. The highest BCUT2D eigenvalue weighted by molar-refractivity contribution is 6.41. The molecule has 61 heavy (non-hydrogen) atoms. The van der Waals surface area contributed by atoms with Crippen molar-refractivity contribution in [2.75, 3.05) is 39.6 Å². The number of nitrogens with one attached hydrogen (secondary N) is 2. The van der Waals surface area contributed by atoms with Gasteiger partial charge in [-0.3, -0.25) is 14.4 Å². The van der Waals surface area contributed by atoms with Crippen LogP contribution in [-0.2, 0) is 11.3 Å². The lowest BCUT2D eigenvalue weighted by atomic mass is 9.89. The van der Waals surface area contributed by atoms with Gasteiger partial charge in [0.2, 0.25) is 11.3 Å². The van der Waals surface area contributed by atoms with Crippen molar-refractivity contribution < 1.29 is 33.4 Å². The molecule has 0 bridgehead atoms. The molecule has 8 rings (SSSR count). The number of carboxylic acids is 1. The lowest BCUT2D eigenvalue weighted by molar-refractivity contribution is -0.120. The first-order valence-corrected chi connectivity index (χ1v) is 19.7. The zero-order valence-corrected chi connectivity index (χ0v) is 34.7. The molecule has 2 amide bonds. The number of nitrogens with zero attached hydrogens (tertiary/aromatic N) is 2. The van der Waals surface area contributed by atoms with Gasteiger partial charge in [0.1, 0.15) is 42.5 Å². The molecule has 4 aliphatic rings. The van der Waals surface area contributed by atoms with E-state index in [2.05, 4.69) is 10.6 Å². The molecule has 2 aliphatic carbocycles. The molecular weight excluding hydrogens is 819 g/mol. The van der Waals surface area contributed by atoms with Crippen LogP contribution in [0.4, 0.5) is 5.69 Å². The number of amides is 2. The van der Waals surface area contributed by atoms with Crippen molar-refractivity contribution in [3.8, 4) is 50.7 Å². The Morgan fingerprint density at radius 2 is 1.39 bits per heavy atom. The van der Waals surface area contributed by atoms with Crippen LogP contribution in [0.5, 0.6) is 5.75 Å². The van der Waals surface area contributed by atoms with Crippen LogP contribution >= 0.6 is 23.2 Å². The predicted octanol–water partition coefficient (Wildman–Crippen LogP) is 7.94. The third-order valence-electron chi connectivity index (χ3n) is 10.5. The van der Waals surface area contributed by atoms with E-state index in [1.54, 1.807) is 18.2 Å². The number of carbonyl (C=O) groups excluding carboxylic acids is 2. The first kappa shape index (κ1) is 40.6. The molecule has 0 saturated heterocycles. The number of carbonyl (C=O) groups is 3. The number of phenols is 1. The minimum atomic E-state index is -1.41. The Kier molecular flexibility index (Phi) is 10.7. The Bertz CT molecular complexity index is 3170. The second-order valence-corrected chi connectivity index (χ2v) is 15.7.